The van der Waals surface area contributed by atoms with Crippen LogP contribution in [0.1, 0.15) is 87.5 Å². The summed E-state index contributed by atoms with van der Waals surface area (Å²) < 4.78 is 0. The van der Waals surface area contributed by atoms with Crippen LogP contribution in [-0.4, -0.2) is 21.9 Å². The maximum Gasteiger partial charge on any atom is 0.149 e. The molecule has 48 heavy (non-hydrogen) atoms. The minimum absolute atomic E-state index is 0.0113. The fourth-order valence-corrected chi connectivity index (χ4v) is 21.7. The Balaban J connectivity index is 1.79. The third-order valence-electron chi connectivity index (χ3n) is 11.6. The van der Waals surface area contributed by atoms with Crippen LogP contribution in [0.2, 0.25) is 16.1 Å². The van der Waals surface area contributed by atoms with Crippen molar-refractivity contribution in [1.82, 2.24) is 0 Å². The van der Waals surface area contributed by atoms with Crippen molar-refractivity contribution in [2.24, 2.45) is 11.8 Å². The molecule has 2 atom stereocenters. The van der Waals surface area contributed by atoms with Gasteiger partial charge in [0.2, 0.25) is 0 Å². The first kappa shape index (κ1) is 36.0. The van der Waals surface area contributed by atoms with Crippen molar-refractivity contribution in [3.63, 3.8) is 0 Å². The van der Waals surface area contributed by atoms with E-state index >= 15 is 0 Å². The molecule has 0 heterocycles. The molecule has 0 spiro atoms. The van der Waals surface area contributed by atoms with Crippen molar-refractivity contribution >= 4 is 42.7 Å². The first-order valence-corrected chi connectivity index (χ1v) is 22.5. The van der Waals surface area contributed by atoms with E-state index in [0.29, 0.717) is 18.1 Å². The van der Waals surface area contributed by atoms with Gasteiger partial charge in [-0.15, -0.1) is 0 Å². The second kappa shape index (κ2) is 14.7. The Morgan fingerprint density at radius 1 is 0.646 bits per heavy atom. The maximum atomic E-state index is 14.4. The molecule has 5 rings (SSSR count). The zero-order valence-electron chi connectivity index (χ0n) is 30.9. The molecule has 4 aromatic carbocycles. The van der Waals surface area contributed by atoms with E-state index < -0.39 is 16.1 Å². The molecule has 1 aliphatic carbocycles. The van der Waals surface area contributed by atoms with E-state index in [0.717, 1.165) is 31.7 Å². The summed E-state index contributed by atoms with van der Waals surface area (Å²) in [6, 6.07) is 46.8. The maximum absolute atomic E-state index is 14.4. The second-order valence-corrected chi connectivity index (χ2v) is 26.0. The van der Waals surface area contributed by atoms with Gasteiger partial charge >= 0.3 is 0 Å². The van der Waals surface area contributed by atoms with Crippen LogP contribution in [0.25, 0.3) is 0 Å². The monoisotopic (exact) mass is 670 g/mol. The van der Waals surface area contributed by atoms with Crippen LogP contribution in [0.5, 0.6) is 0 Å². The molecule has 0 aromatic heterocycles. The number of rotatable bonds is 11. The summed E-state index contributed by atoms with van der Waals surface area (Å²) in [5, 5.41) is 7.62. The summed E-state index contributed by atoms with van der Waals surface area (Å²) in [5.41, 5.74) is 1.38. The van der Waals surface area contributed by atoms with Crippen molar-refractivity contribution in [2.45, 2.75) is 104 Å². The number of carbonyl (C=O) groups is 1. The minimum atomic E-state index is -2.61. The van der Waals surface area contributed by atoms with Gasteiger partial charge in [0.15, 0.2) is 0 Å². The van der Waals surface area contributed by atoms with E-state index in [4.69, 9.17) is 0 Å². The van der Waals surface area contributed by atoms with Crippen molar-refractivity contribution < 1.29 is 4.79 Å². The Hall–Kier alpha value is -3.28. The fraction of sp³-hybridized carbons (Fsp3) is 0.400. The largest absolute Gasteiger partial charge is 0.299 e. The Morgan fingerprint density at radius 3 is 1.44 bits per heavy atom. The average molecular weight is 671 g/mol. The summed E-state index contributed by atoms with van der Waals surface area (Å²) in [4.78, 5) is 14.4. The highest BCUT2D eigenvalue weighted by Gasteiger charge is 2.55. The lowest BCUT2D eigenvalue weighted by Gasteiger charge is -2.52. The third kappa shape index (κ3) is 6.65. The number of Topliss-reactive ketones (excluding diaryl/α,β-unsaturated/α-hetero) is 1. The van der Waals surface area contributed by atoms with Crippen molar-refractivity contribution in [3.8, 4) is 0 Å². The molecular weight excluding hydrogens is 613 g/mol. The van der Waals surface area contributed by atoms with Crippen molar-refractivity contribution in [2.75, 3.05) is 0 Å². The van der Waals surface area contributed by atoms with Crippen LogP contribution in [0.15, 0.2) is 132 Å². The Bertz CT molecular complexity index is 1580. The lowest BCUT2D eigenvalue weighted by atomic mass is 9.79. The van der Waals surface area contributed by atoms with E-state index in [1.807, 2.05) is 0 Å². The van der Waals surface area contributed by atoms with E-state index in [-0.39, 0.29) is 16.0 Å². The summed E-state index contributed by atoms with van der Waals surface area (Å²) in [5.74, 6) is 0.842. The second-order valence-electron chi connectivity index (χ2n) is 16.4. The number of unbranched alkanes of at least 4 members (excludes halogenated alkanes) is 1. The standard InChI is InChI=1S/C45H58OSi2/c1-9-10-31-42(46)41-32-36(34-47(44(3,4)5,37-23-15-11-16-24-37)38-25-17-12-18-26-38)33-43(35(41)2)48(45(6,7)8,39-27-19-13-20-28-39)40-29-21-14-22-30-40/h11-30,36,41H,9-10,31-34H2,1-8H3. The first-order chi connectivity index (χ1) is 22.9. The normalized spacial score (nSPS) is 17.8. The van der Waals surface area contributed by atoms with E-state index in [2.05, 4.69) is 177 Å². The highest BCUT2D eigenvalue weighted by atomic mass is 28.3. The van der Waals surface area contributed by atoms with Gasteiger partial charge in [-0.05, 0) is 58.6 Å². The van der Waals surface area contributed by atoms with Crippen LogP contribution in [0.3, 0.4) is 0 Å². The molecule has 1 aliphatic rings. The van der Waals surface area contributed by atoms with Gasteiger partial charge in [-0.1, -0.05) is 197 Å². The number of carbonyl (C=O) groups excluding carboxylic acids is 1. The number of allylic oxidation sites excluding steroid dienone is 2. The molecule has 0 radical (unpaired) electrons. The molecule has 0 aliphatic heterocycles. The summed E-state index contributed by atoms with van der Waals surface area (Å²) in [6.07, 6.45) is 4.71. The zero-order chi connectivity index (χ0) is 34.6. The van der Waals surface area contributed by atoms with E-state index in [9.17, 15) is 4.79 Å². The fourth-order valence-electron chi connectivity index (χ4n) is 9.42. The molecule has 0 saturated carbocycles. The zero-order valence-corrected chi connectivity index (χ0v) is 32.9. The molecule has 3 heteroatoms. The molecule has 0 fully saturated rings. The average Bonchev–Trinajstić information content (AvgIpc) is 3.08. The molecule has 0 amide bonds. The predicted octanol–water partition coefficient (Wildman–Crippen LogP) is 9.75. The SMILES string of the molecule is CCCCC(=O)C1CC(C[Si](c2ccccc2)(c2ccccc2)C(C)(C)C)CC([Si](c2ccccc2)(c2ccccc2)C(C)(C)C)=C1C. The lowest BCUT2D eigenvalue weighted by Crippen LogP contribution is -2.67. The van der Waals surface area contributed by atoms with Crippen molar-refractivity contribution in [1.29, 1.82) is 0 Å². The van der Waals surface area contributed by atoms with Gasteiger partial charge in [-0.2, -0.15) is 0 Å². The van der Waals surface area contributed by atoms with Gasteiger partial charge < -0.3 is 0 Å². The summed E-state index contributed by atoms with van der Waals surface area (Å²) in [7, 11) is -4.97. The van der Waals surface area contributed by atoms with Gasteiger partial charge in [0.25, 0.3) is 0 Å². The highest BCUT2D eigenvalue weighted by Crippen LogP contribution is 2.51. The lowest BCUT2D eigenvalue weighted by molar-refractivity contribution is -0.122. The minimum Gasteiger partial charge on any atom is -0.299 e. The predicted molar refractivity (Wildman–Crippen MR) is 213 cm³/mol. The smallest absolute Gasteiger partial charge is 0.149 e. The topological polar surface area (TPSA) is 17.1 Å². The molecule has 0 N–H and O–H groups in total. The number of hydrogen-bond donors (Lipinski definition) is 0. The van der Waals surface area contributed by atoms with Gasteiger partial charge in [0.1, 0.15) is 21.9 Å². The first-order valence-electron chi connectivity index (χ1n) is 18.3. The van der Waals surface area contributed by atoms with Gasteiger partial charge in [-0.25, -0.2) is 0 Å². The molecule has 4 aromatic rings. The van der Waals surface area contributed by atoms with Crippen LogP contribution in [0.4, 0.5) is 0 Å². The molecule has 2 unspecified atom stereocenters. The van der Waals surface area contributed by atoms with Crippen LogP contribution in [0, 0.1) is 11.8 Å². The van der Waals surface area contributed by atoms with Gasteiger partial charge in [0.05, 0.1) is 0 Å². The Labute approximate surface area is 293 Å². The molecule has 0 saturated heterocycles. The summed E-state index contributed by atoms with van der Waals surface area (Å²) in [6.45, 7) is 19.4. The van der Waals surface area contributed by atoms with E-state index in [1.165, 1.54) is 26.3 Å². The Kier molecular flexibility index (Phi) is 11.0. The third-order valence-corrected chi connectivity index (χ3v) is 24.2. The quantitative estimate of drug-likeness (QED) is 0.145. The number of ketones is 1. The van der Waals surface area contributed by atoms with Gasteiger partial charge in [-0.3, -0.25) is 4.79 Å². The van der Waals surface area contributed by atoms with E-state index in [1.54, 1.807) is 5.20 Å². The molecular formula is C45H58OSi2. The highest BCUT2D eigenvalue weighted by molar-refractivity contribution is 7.09. The Morgan fingerprint density at radius 2 is 1.06 bits per heavy atom. The molecule has 0 bridgehead atoms. The summed E-state index contributed by atoms with van der Waals surface area (Å²) >= 11 is 0. The van der Waals surface area contributed by atoms with Gasteiger partial charge in [0, 0.05) is 12.3 Å². The van der Waals surface area contributed by atoms with Crippen LogP contribution in [-0.2, 0) is 4.79 Å². The number of benzene rings is 4. The molecule has 1 nitrogen and oxygen atoms in total. The molecule has 252 valence electrons. The van der Waals surface area contributed by atoms with Crippen LogP contribution < -0.4 is 20.7 Å². The van der Waals surface area contributed by atoms with Crippen molar-refractivity contribution in [3.05, 3.63) is 132 Å². The van der Waals surface area contributed by atoms with Crippen LogP contribution >= 0.6 is 0 Å². The number of hydrogen-bond acceptors (Lipinski definition) is 1.